The molecule has 7 heteroatoms. The van der Waals surface area contributed by atoms with E-state index in [4.69, 9.17) is 9.47 Å². The predicted octanol–water partition coefficient (Wildman–Crippen LogP) is 2.20. The normalized spacial score (nSPS) is 11.4. The fourth-order valence-electron chi connectivity index (χ4n) is 1.82. The number of nitrogens with one attached hydrogen (secondary N) is 1. The smallest absolute Gasteiger partial charge is 0.321 e. The number of esters is 1. The van der Waals surface area contributed by atoms with Crippen molar-refractivity contribution in [2.75, 3.05) is 19.8 Å². The topological polar surface area (TPSA) is 81.7 Å². The summed E-state index contributed by atoms with van der Waals surface area (Å²) in [5.74, 6) is -0.00125. The summed E-state index contributed by atoms with van der Waals surface area (Å²) < 4.78 is 36.0. The van der Waals surface area contributed by atoms with Crippen molar-refractivity contribution in [2.45, 2.75) is 0 Å². The zero-order valence-electron chi connectivity index (χ0n) is 13.5. The van der Waals surface area contributed by atoms with Gasteiger partial charge in [0.25, 0.3) is 0 Å². The van der Waals surface area contributed by atoms with Gasteiger partial charge >= 0.3 is 5.97 Å². The molecule has 0 bridgehead atoms. The Morgan fingerprint density at radius 1 is 0.960 bits per heavy atom. The number of hydrogen-bond donors (Lipinski definition) is 1. The first-order valence-corrected chi connectivity index (χ1v) is 9.16. The summed E-state index contributed by atoms with van der Waals surface area (Å²) in [6, 6.07) is 18.1. The molecule has 0 aliphatic heterocycles. The van der Waals surface area contributed by atoms with E-state index in [1.807, 2.05) is 24.3 Å². The fraction of sp³-hybridized carbons (Fsp3) is 0.167. The van der Waals surface area contributed by atoms with Gasteiger partial charge in [0.05, 0.1) is 0 Å². The molecule has 0 amide bonds. The fourth-order valence-corrected chi connectivity index (χ4v) is 2.57. The molecule has 0 heterocycles. The molecule has 0 spiro atoms. The first kappa shape index (κ1) is 18.7. The molecule has 0 radical (unpaired) electrons. The molecule has 25 heavy (non-hydrogen) atoms. The van der Waals surface area contributed by atoms with Gasteiger partial charge in [0, 0.05) is 5.41 Å². The summed E-state index contributed by atoms with van der Waals surface area (Å²) in [4.78, 5) is 11.5. The Bertz CT molecular complexity index is 789. The van der Waals surface area contributed by atoms with E-state index in [0.29, 0.717) is 5.75 Å². The van der Waals surface area contributed by atoms with Crippen LogP contribution < -0.4 is 9.46 Å². The minimum atomic E-state index is -3.71. The molecular weight excluding hydrogens is 342 g/mol. The zero-order chi connectivity index (χ0) is 18.0. The van der Waals surface area contributed by atoms with Gasteiger partial charge in [-0.2, -0.15) is 0 Å². The van der Waals surface area contributed by atoms with E-state index in [9.17, 15) is 13.2 Å². The van der Waals surface area contributed by atoms with Crippen LogP contribution in [0.2, 0.25) is 0 Å². The Morgan fingerprint density at radius 3 is 2.28 bits per heavy atom. The van der Waals surface area contributed by atoms with Gasteiger partial charge in [0.15, 0.2) is 0 Å². The third kappa shape index (κ3) is 7.65. The van der Waals surface area contributed by atoms with Crippen LogP contribution >= 0.6 is 0 Å². The van der Waals surface area contributed by atoms with E-state index in [-0.39, 0.29) is 13.2 Å². The molecule has 132 valence electrons. The maximum absolute atomic E-state index is 11.8. The van der Waals surface area contributed by atoms with Crippen LogP contribution in [-0.4, -0.2) is 34.1 Å². The van der Waals surface area contributed by atoms with Crippen LogP contribution in [0.25, 0.3) is 6.08 Å². The van der Waals surface area contributed by atoms with Crippen LogP contribution in [-0.2, 0) is 19.6 Å². The second-order valence-corrected chi connectivity index (χ2v) is 6.61. The number of para-hydroxylation sites is 1. The molecule has 0 saturated heterocycles. The number of sulfonamides is 1. The molecule has 2 aromatic carbocycles. The molecule has 2 rings (SSSR count). The highest BCUT2D eigenvalue weighted by Crippen LogP contribution is 2.07. The van der Waals surface area contributed by atoms with Crippen molar-refractivity contribution < 1.29 is 22.7 Å². The van der Waals surface area contributed by atoms with Gasteiger partial charge in [0.1, 0.15) is 25.5 Å². The van der Waals surface area contributed by atoms with E-state index in [2.05, 4.69) is 4.72 Å². The van der Waals surface area contributed by atoms with E-state index < -0.39 is 22.5 Å². The van der Waals surface area contributed by atoms with Crippen LogP contribution in [0.1, 0.15) is 5.56 Å². The Kier molecular flexibility index (Phi) is 7.18. The lowest BCUT2D eigenvalue weighted by Crippen LogP contribution is -2.30. The van der Waals surface area contributed by atoms with Crippen LogP contribution in [0.3, 0.4) is 0 Å². The van der Waals surface area contributed by atoms with E-state index in [1.54, 1.807) is 36.4 Å². The molecule has 0 aromatic heterocycles. The minimum absolute atomic E-state index is 0.0370. The SMILES string of the molecule is O=C(CNS(=O)(=O)/C=C/c1ccccc1)OCCOc1ccccc1. The van der Waals surface area contributed by atoms with Crippen molar-refractivity contribution in [3.05, 3.63) is 71.6 Å². The highest BCUT2D eigenvalue weighted by molar-refractivity contribution is 7.92. The maximum atomic E-state index is 11.8. The summed E-state index contributed by atoms with van der Waals surface area (Å²) >= 11 is 0. The number of carbonyl (C=O) groups excluding carboxylic acids is 1. The zero-order valence-corrected chi connectivity index (χ0v) is 14.3. The molecule has 0 unspecified atom stereocenters. The van der Waals surface area contributed by atoms with Crippen molar-refractivity contribution in [3.8, 4) is 5.75 Å². The highest BCUT2D eigenvalue weighted by atomic mass is 32.2. The Labute approximate surface area is 147 Å². The molecule has 6 nitrogen and oxygen atoms in total. The largest absolute Gasteiger partial charge is 0.490 e. The van der Waals surface area contributed by atoms with Gasteiger partial charge in [-0.05, 0) is 23.8 Å². The van der Waals surface area contributed by atoms with E-state index >= 15 is 0 Å². The molecule has 0 saturated carbocycles. The van der Waals surface area contributed by atoms with Crippen molar-refractivity contribution in [2.24, 2.45) is 0 Å². The number of carbonyl (C=O) groups is 1. The molecule has 1 N–H and O–H groups in total. The monoisotopic (exact) mass is 361 g/mol. The van der Waals surface area contributed by atoms with Crippen LogP contribution in [0.4, 0.5) is 0 Å². The van der Waals surface area contributed by atoms with Gasteiger partial charge in [-0.25, -0.2) is 13.1 Å². The number of ether oxygens (including phenoxy) is 2. The highest BCUT2D eigenvalue weighted by Gasteiger charge is 2.09. The van der Waals surface area contributed by atoms with E-state index in [1.165, 1.54) is 6.08 Å². The molecular formula is C18H19NO5S. The second-order valence-electron chi connectivity index (χ2n) is 4.96. The van der Waals surface area contributed by atoms with Gasteiger partial charge in [0.2, 0.25) is 10.0 Å². The Hall–Kier alpha value is -2.64. The average molecular weight is 361 g/mol. The summed E-state index contributed by atoms with van der Waals surface area (Å²) in [5.41, 5.74) is 0.744. The first-order chi connectivity index (χ1) is 12.1. The Balaban J connectivity index is 1.67. The average Bonchev–Trinajstić information content (AvgIpc) is 2.64. The summed E-state index contributed by atoms with van der Waals surface area (Å²) in [6.45, 7) is -0.210. The van der Waals surface area contributed by atoms with Gasteiger partial charge < -0.3 is 9.47 Å². The summed E-state index contributed by atoms with van der Waals surface area (Å²) in [7, 11) is -3.71. The maximum Gasteiger partial charge on any atom is 0.321 e. The summed E-state index contributed by atoms with van der Waals surface area (Å²) in [6.07, 6.45) is 1.45. The molecule has 0 fully saturated rings. The van der Waals surface area contributed by atoms with Crippen LogP contribution in [0.15, 0.2) is 66.1 Å². The lowest BCUT2D eigenvalue weighted by Gasteiger charge is -2.07. The lowest BCUT2D eigenvalue weighted by molar-refractivity contribution is -0.142. The minimum Gasteiger partial charge on any atom is -0.490 e. The second kappa shape index (κ2) is 9.61. The number of hydrogen-bond acceptors (Lipinski definition) is 5. The third-order valence-electron chi connectivity index (χ3n) is 3.02. The lowest BCUT2D eigenvalue weighted by atomic mass is 10.2. The van der Waals surface area contributed by atoms with Crippen molar-refractivity contribution >= 4 is 22.1 Å². The quantitative estimate of drug-likeness (QED) is 0.547. The number of rotatable bonds is 9. The first-order valence-electron chi connectivity index (χ1n) is 7.61. The van der Waals surface area contributed by atoms with Crippen molar-refractivity contribution in [1.29, 1.82) is 0 Å². The van der Waals surface area contributed by atoms with Gasteiger partial charge in [-0.15, -0.1) is 0 Å². The molecule has 0 aliphatic carbocycles. The molecule has 0 aliphatic rings. The van der Waals surface area contributed by atoms with Crippen LogP contribution in [0, 0.1) is 0 Å². The standard InChI is InChI=1S/C18H19NO5S/c20-18(24-13-12-23-17-9-5-2-6-10-17)15-19-25(21,22)14-11-16-7-3-1-4-8-16/h1-11,14,19H,12-13,15H2/b14-11+. The van der Waals surface area contributed by atoms with Crippen LogP contribution in [0.5, 0.6) is 5.75 Å². The van der Waals surface area contributed by atoms with Crippen molar-refractivity contribution in [1.82, 2.24) is 4.72 Å². The number of benzene rings is 2. The van der Waals surface area contributed by atoms with Gasteiger partial charge in [-0.3, -0.25) is 4.79 Å². The predicted molar refractivity (Wildman–Crippen MR) is 95.3 cm³/mol. The Morgan fingerprint density at radius 2 is 1.60 bits per heavy atom. The molecule has 2 aromatic rings. The summed E-state index contributed by atoms with van der Waals surface area (Å²) in [5, 5.41) is 1.01. The molecule has 0 atom stereocenters. The van der Waals surface area contributed by atoms with Gasteiger partial charge in [-0.1, -0.05) is 48.5 Å². The van der Waals surface area contributed by atoms with E-state index in [0.717, 1.165) is 11.0 Å². The third-order valence-corrected chi connectivity index (χ3v) is 4.06. The van der Waals surface area contributed by atoms with Crippen molar-refractivity contribution in [3.63, 3.8) is 0 Å².